The molecule has 0 rings (SSSR count). The van der Waals surface area contributed by atoms with Gasteiger partial charge in [-0.2, -0.15) is 0 Å². The third-order valence-electron chi connectivity index (χ3n) is 0.161. The summed E-state index contributed by atoms with van der Waals surface area (Å²) in [6.07, 6.45) is 0. The molecule has 0 aromatic heterocycles. The van der Waals surface area contributed by atoms with Gasteiger partial charge >= 0.3 is 159 Å². The first-order chi connectivity index (χ1) is 3.06. The summed E-state index contributed by atoms with van der Waals surface area (Å²) in [5.41, 5.74) is 0. The SMILES string of the molecule is [CaH2].[CaH2].[CaH2].[O]=[Al][O]S(=O)(=O)O. The molecule has 0 bridgehead atoms. The van der Waals surface area contributed by atoms with E-state index in [0.29, 0.717) is 0 Å². The second-order valence-corrected chi connectivity index (χ2v) is 2.44. The van der Waals surface area contributed by atoms with Crippen molar-refractivity contribution in [2.45, 2.75) is 0 Å². The van der Waals surface area contributed by atoms with E-state index in [0.717, 1.165) is 0 Å². The van der Waals surface area contributed by atoms with Crippen molar-refractivity contribution in [1.29, 1.82) is 0 Å². The van der Waals surface area contributed by atoms with Crippen LogP contribution in [0.15, 0.2) is 0 Å². The van der Waals surface area contributed by atoms with Crippen molar-refractivity contribution in [1.82, 2.24) is 0 Å². The third kappa shape index (κ3) is 22.6. The second-order valence-electron chi connectivity index (χ2n) is 0.620. The molecule has 0 unspecified atom stereocenters. The van der Waals surface area contributed by atoms with E-state index in [9.17, 15) is 12.2 Å². The maximum absolute atomic E-state index is 9.39. The van der Waals surface area contributed by atoms with E-state index in [1.54, 1.807) is 0 Å². The van der Waals surface area contributed by atoms with E-state index in [2.05, 4.69) is 3.23 Å². The zero-order valence-corrected chi connectivity index (χ0v) is 5.04. The van der Waals surface area contributed by atoms with Crippen LogP contribution < -0.4 is 0 Å². The molecule has 10 heteroatoms. The number of hydrogen-bond acceptors (Lipinski definition) is 4. The van der Waals surface area contributed by atoms with E-state index in [-0.39, 0.29) is 113 Å². The number of rotatable bonds is 2. The Morgan fingerprint density at radius 3 is 1.50 bits per heavy atom. The summed E-state index contributed by atoms with van der Waals surface area (Å²) >= 11 is -1.88. The summed E-state index contributed by atoms with van der Waals surface area (Å²) in [4.78, 5) is 0. The maximum atomic E-state index is 9.39. The Kier molecular flexibility index (Phi) is 30.2. The van der Waals surface area contributed by atoms with Crippen LogP contribution in [0.5, 0.6) is 0 Å². The molecule has 0 aliphatic heterocycles. The Bertz CT molecular complexity index is 150. The van der Waals surface area contributed by atoms with Gasteiger partial charge in [0.15, 0.2) is 0 Å². The Morgan fingerprint density at radius 1 is 1.20 bits per heavy atom. The average molecular weight is 266 g/mol. The normalized spacial score (nSPS) is 6.90. The van der Waals surface area contributed by atoms with E-state index in [1.807, 2.05) is 0 Å². The van der Waals surface area contributed by atoms with E-state index in [1.165, 1.54) is 0 Å². The molecule has 0 aromatic rings. The van der Waals surface area contributed by atoms with E-state index in [4.69, 9.17) is 4.55 Å². The quantitative estimate of drug-likeness (QED) is 0.407. The molecular weight excluding hydrogens is 259 g/mol. The monoisotopic (exact) mass is 266 g/mol. The summed E-state index contributed by atoms with van der Waals surface area (Å²) in [5.74, 6) is 0. The summed E-state index contributed by atoms with van der Waals surface area (Å²) < 4.78 is 38.9. The van der Waals surface area contributed by atoms with Crippen molar-refractivity contribution >= 4 is 139 Å². The van der Waals surface area contributed by atoms with Crippen LogP contribution in [0.3, 0.4) is 0 Å². The Morgan fingerprint density at radius 2 is 1.50 bits per heavy atom. The fourth-order valence-corrected chi connectivity index (χ4v) is 0.447. The van der Waals surface area contributed by atoms with Crippen molar-refractivity contribution in [3.8, 4) is 0 Å². The van der Waals surface area contributed by atoms with Gasteiger partial charge in [-0.25, -0.2) is 0 Å². The molecule has 0 atom stereocenters. The second kappa shape index (κ2) is 12.8. The zero-order valence-electron chi connectivity index (χ0n) is 3.07. The molecule has 0 fully saturated rings. The van der Waals surface area contributed by atoms with Crippen LogP contribution in [-0.2, 0) is 17.4 Å². The minimum atomic E-state index is -4.45. The minimum absolute atomic E-state index is 0. The molecule has 1 N–H and O–H groups in total. The van der Waals surface area contributed by atoms with Gasteiger partial charge in [0, 0.05) is 0 Å². The standard InChI is InChI=1S/Al.3Ca.H2O4S.O.6H/c;;;;1-5(2,3)4;;;;;;;/h;;;;(H2,1,2,3,4);;;;;;;/q+1;;;;;;;;;;;/p-1. The van der Waals surface area contributed by atoms with Crippen LogP contribution in [0.1, 0.15) is 0 Å². The van der Waals surface area contributed by atoms with Crippen LogP contribution in [0, 0.1) is 0 Å². The summed E-state index contributed by atoms with van der Waals surface area (Å²) in [5, 5.41) is 0. The first kappa shape index (κ1) is 23.6. The van der Waals surface area contributed by atoms with Crippen molar-refractivity contribution in [2.24, 2.45) is 0 Å². The van der Waals surface area contributed by atoms with Gasteiger partial charge in [0.2, 0.25) is 0 Å². The van der Waals surface area contributed by atoms with Crippen molar-refractivity contribution in [3.63, 3.8) is 0 Å². The summed E-state index contributed by atoms with van der Waals surface area (Å²) in [6.45, 7) is 0. The Balaban J connectivity index is -0.0000000600. The molecule has 0 aliphatic carbocycles. The Labute approximate surface area is 155 Å². The van der Waals surface area contributed by atoms with Crippen LogP contribution in [0.25, 0.3) is 0 Å². The van der Waals surface area contributed by atoms with Gasteiger partial charge in [-0.1, -0.05) is 0 Å². The van der Waals surface area contributed by atoms with Gasteiger partial charge in [-0.05, 0) is 0 Å². The van der Waals surface area contributed by atoms with Crippen LogP contribution in [0.4, 0.5) is 0 Å². The molecule has 0 amide bonds. The topological polar surface area (TPSA) is 80.7 Å². The summed E-state index contributed by atoms with van der Waals surface area (Å²) in [7, 11) is -4.45. The van der Waals surface area contributed by atoms with E-state index >= 15 is 0 Å². The fourth-order valence-electron chi connectivity index (χ4n) is 0.0496. The van der Waals surface area contributed by atoms with Gasteiger partial charge in [0.25, 0.3) is 0 Å². The molecule has 0 spiro atoms. The molecule has 0 aliphatic rings. The van der Waals surface area contributed by atoms with Gasteiger partial charge in [-0.3, -0.25) is 0 Å². The predicted molar refractivity (Wildman–Crippen MR) is 44.7 cm³/mol. The number of hydrogen-bond donors (Lipinski definition) is 1. The van der Waals surface area contributed by atoms with Crippen LogP contribution in [0.2, 0.25) is 0 Å². The molecule has 0 saturated carbocycles. The van der Waals surface area contributed by atoms with Gasteiger partial charge in [-0.15, -0.1) is 0 Å². The van der Waals surface area contributed by atoms with Crippen molar-refractivity contribution < 1.29 is 20.0 Å². The molecule has 10 heavy (non-hydrogen) atoms. The predicted octanol–water partition coefficient (Wildman–Crippen LogP) is -3.98. The van der Waals surface area contributed by atoms with Crippen LogP contribution >= 0.6 is 0 Å². The van der Waals surface area contributed by atoms with Crippen molar-refractivity contribution in [2.75, 3.05) is 0 Å². The average Bonchev–Trinajstić information content (AvgIpc) is 1.30. The Hall–Kier alpha value is 3.82. The third-order valence-corrected chi connectivity index (χ3v) is 1.45. The first-order valence-electron chi connectivity index (χ1n) is 1.15. The fraction of sp³-hybridized carbons (Fsp3) is 0. The van der Waals surface area contributed by atoms with Gasteiger partial charge in [0.05, 0.1) is 0 Å². The molecular formula is H7AlCa3O5S. The van der Waals surface area contributed by atoms with Crippen LogP contribution in [-0.4, -0.2) is 142 Å². The van der Waals surface area contributed by atoms with Gasteiger partial charge < -0.3 is 0 Å². The molecule has 5 nitrogen and oxygen atoms in total. The molecule has 0 heterocycles. The first-order valence-corrected chi connectivity index (χ1v) is 3.46. The van der Waals surface area contributed by atoms with Gasteiger partial charge in [0.1, 0.15) is 0 Å². The molecule has 0 radical (unpaired) electrons. The zero-order chi connectivity index (χ0) is 5.91. The molecule has 52 valence electrons. The molecule has 0 aromatic carbocycles. The summed E-state index contributed by atoms with van der Waals surface area (Å²) in [6, 6.07) is 0. The van der Waals surface area contributed by atoms with E-state index < -0.39 is 25.9 Å². The van der Waals surface area contributed by atoms with Crippen molar-refractivity contribution in [3.05, 3.63) is 0 Å². The molecule has 0 saturated heterocycles.